The van der Waals surface area contributed by atoms with Crippen molar-refractivity contribution in [2.75, 3.05) is 0 Å². The fraction of sp³-hybridized carbons (Fsp3) is 0.364. The molecule has 2 heterocycles. The zero-order chi connectivity index (χ0) is 13.8. The van der Waals surface area contributed by atoms with E-state index in [0.717, 1.165) is 10.6 Å². The maximum absolute atomic E-state index is 12.6. The number of aryl methyl sites for hydroxylation is 1. The summed E-state index contributed by atoms with van der Waals surface area (Å²) in [6.07, 6.45) is -2.16. The van der Waals surface area contributed by atoms with Gasteiger partial charge in [-0.15, -0.1) is 0 Å². The van der Waals surface area contributed by atoms with Gasteiger partial charge in [0.05, 0.1) is 11.6 Å². The third kappa shape index (κ3) is 1.74. The van der Waals surface area contributed by atoms with E-state index < -0.39 is 23.7 Å². The smallest absolute Gasteiger partial charge is 0.369 e. The van der Waals surface area contributed by atoms with Crippen molar-refractivity contribution in [2.45, 2.75) is 24.9 Å². The van der Waals surface area contributed by atoms with E-state index in [2.05, 4.69) is 10.1 Å². The van der Waals surface area contributed by atoms with Crippen molar-refractivity contribution in [1.82, 2.24) is 14.6 Å². The molecule has 0 spiro atoms. The summed E-state index contributed by atoms with van der Waals surface area (Å²) < 4.78 is 39.0. The van der Waals surface area contributed by atoms with Crippen molar-refractivity contribution in [3.8, 4) is 0 Å². The van der Waals surface area contributed by atoms with Crippen LogP contribution in [0.5, 0.6) is 0 Å². The van der Waals surface area contributed by atoms with Crippen LogP contribution in [0.4, 0.5) is 13.2 Å². The van der Waals surface area contributed by atoms with E-state index in [0.29, 0.717) is 24.1 Å². The number of aromatic nitrogens is 3. The number of hydrogen-bond acceptors (Lipinski definition) is 3. The van der Waals surface area contributed by atoms with Crippen molar-refractivity contribution >= 4 is 11.6 Å². The second-order valence-electron chi connectivity index (χ2n) is 4.45. The monoisotopic (exact) mass is 270 g/mol. The van der Waals surface area contributed by atoms with Gasteiger partial charge in [0.25, 0.3) is 0 Å². The summed E-state index contributed by atoms with van der Waals surface area (Å²) in [5.74, 6) is -0.992. The number of carbonyl (C=O) groups excluding carboxylic acids is 1. The first kappa shape index (κ1) is 11.9. The van der Waals surface area contributed by atoms with Crippen molar-refractivity contribution < 1.29 is 18.0 Å². The Morgan fingerprint density at radius 3 is 2.84 bits per heavy atom. The van der Waals surface area contributed by atoms with Crippen LogP contribution in [0.1, 0.15) is 29.3 Å². The number of amides is 1. The lowest BCUT2D eigenvalue weighted by Gasteiger charge is -2.06. The number of nitrogens with zero attached hydrogens (tertiary/aromatic N) is 3. The van der Waals surface area contributed by atoms with Gasteiger partial charge in [-0.25, -0.2) is 9.50 Å². The fourth-order valence-electron chi connectivity index (χ4n) is 2.41. The third-order valence-electron chi connectivity index (χ3n) is 3.29. The highest BCUT2D eigenvalue weighted by Gasteiger charge is 2.36. The summed E-state index contributed by atoms with van der Waals surface area (Å²) in [6.45, 7) is 0. The highest BCUT2D eigenvalue weighted by Crippen LogP contribution is 2.34. The second kappa shape index (κ2) is 3.69. The lowest BCUT2D eigenvalue weighted by Crippen LogP contribution is -2.19. The number of hydrogen-bond donors (Lipinski definition) is 1. The summed E-state index contributed by atoms with van der Waals surface area (Å²) in [6, 6.07) is 0.887. The summed E-state index contributed by atoms with van der Waals surface area (Å²) in [7, 11) is 0. The van der Waals surface area contributed by atoms with Crippen molar-refractivity contribution in [3.63, 3.8) is 0 Å². The van der Waals surface area contributed by atoms with E-state index in [1.165, 1.54) is 6.20 Å². The van der Waals surface area contributed by atoms with E-state index >= 15 is 0 Å². The first-order valence-corrected chi connectivity index (χ1v) is 5.62. The van der Waals surface area contributed by atoms with Gasteiger partial charge < -0.3 is 5.73 Å². The fourth-order valence-corrected chi connectivity index (χ4v) is 2.41. The van der Waals surface area contributed by atoms with Crippen LogP contribution in [-0.4, -0.2) is 20.5 Å². The maximum Gasteiger partial charge on any atom is 0.435 e. The molecule has 8 heteroatoms. The summed E-state index contributed by atoms with van der Waals surface area (Å²) in [5, 5.41) is 3.53. The highest BCUT2D eigenvalue weighted by molar-refractivity contribution is 5.83. The molecule has 0 saturated carbocycles. The zero-order valence-electron chi connectivity index (χ0n) is 9.61. The molecule has 0 aromatic carbocycles. The molecule has 3 rings (SSSR count). The van der Waals surface area contributed by atoms with Gasteiger partial charge in [0.15, 0.2) is 11.3 Å². The molecule has 1 aliphatic rings. The highest BCUT2D eigenvalue weighted by atomic mass is 19.4. The molecule has 2 N–H and O–H groups in total. The molecule has 1 aliphatic carbocycles. The molecule has 0 radical (unpaired) electrons. The first-order chi connectivity index (χ1) is 8.88. The Morgan fingerprint density at radius 2 is 2.21 bits per heavy atom. The van der Waals surface area contributed by atoms with Crippen LogP contribution >= 0.6 is 0 Å². The minimum absolute atomic E-state index is 0.121. The minimum Gasteiger partial charge on any atom is -0.369 e. The molecule has 1 amide bonds. The quantitative estimate of drug-likeness (QED) is 0.847. The summed E-state index contributed by atoms with van der Waals surface area (Å²) in [4.78, 5) is 15.2. The van der Waals surface area contributed by atoms with Crippen LogP contribution in [0, 0.1) is 0 Å². The lowest BCUT2D eigenvalue weighted by atomic mass is 10.0. The van der Waals surface area contributed by atoms with Crippen LogP contribution in [0.3, 0.4) is 0 Å². The molecular weight excluding hydrogens is 261 g/mol. The van der Waals surface area contributed by atoms with Crippen molar-refractivity contribution in [3.05, 3.63) is 29.2 Å². The third-order valence-corrected chi connectivity index (χ3v) is 3.29. The molecular formula is C11H9F3N4O. The van der Waals surface area contributed by atoms with Crippen LogP contribution in [0.15, 0.2) is 12.3 Å². The molecule has 1 unspecified atom stereocenters. The first-order valence-electron chi connectivity index (χ1n) is 5.62. The lowest BCUT2D eigenvalue weighted by molar-refractivity contribution is -0.141. The molecule has 5 nitrogen and oxygen atoms in total. The van der Waals surface area contributed by atoms with Gasteiger partial charge in [0.1, 0.15) is 0 Å². The normalized spacial score (nSPS) is 18.8. The van der Waals surface area contributed by atoms with E-state index in [1.54, 1.807) is 0 Å². The standard InChI is InChI=1S/C11H9F3N4O/c12-11(13,14)8-3-9-16-4-6-5(10(15)19)1-2-7(6)18(9)17-8/h3-5H,1-2H2,(H2,15,19). The van der Waals surface area contributed by atoms with Crippen molar-refractivity contribution in [2.24, 2.45) is 5.73 Å². The maximum atomic E-state index is 12.6. The Hall–Kier alpha value is -2.12. The molecule has 0 bridgehead atoms. The van der Waals surface area contributed by atoms with Crippen molar-refractivity contribution in [1.29, 1.82) is 0 Å². The predicted octanol–water partition coefficient (Wildman–Crippen LogP) is 1.26. The Morgan fingerprint density at radius 1 is 1.47 bits per heavy atom. The number of halogens is 3. The zero-order valence-corrected chi connectivity index (χ0v) is 9.61. The van der Waals surface area contributed by atoms with Crippen LogP contribution < -0.4 is 5.73 Å². The van der Waals surface area contributed by atoms with E-state index in [9.17, 15) is 18.0 Å². The largest absolute Gasteiger partial charge is 0.435 e. The Kier molecular flexibility index (Phi) is 2.32. The second-order valence-corrected chi connectivity index (χ2v) is 4.45. The molecule has 0 aliphatic heterocycles. The molecule has 2 aromatic heterocycles. The van der Waals surface area contributed by atoms with Gasteiger partial charge in [0, 0.05) is 17.8 Å². The number of nitrogens with two attached hydrogens (primary N) is 1. The van der Waals surface area contributed by atoms with E-state index in [1.807, 2.05) is 0 Å². The van der Waals surface area contributed by atoms with Gasteiger partial charge in [0.2, 0.25) is 5.91 Å². The van der Waals surface area contributed by atoms with E-state index in [4.69, 9.17) is 5.73 Å². The van der Waals surface area contributed by atoms with Gasteiger partial charge in [-0.05, 0) is 12.8 Å². The van der Waals surface area contributed by atoms with Crippen LogP contribution in [0.25, 0.3) is 5.65 Å². The van der Waals surface area contributed by atoms with Crippen LogP contribution in [0.2, 0.25) is 0 Å². The number of carbonyl (C=O) groups is 1. The topological polar surface area (TPSA) is 73.3 Å². The number of rotatable bonds is 1. The molecule has 19 heavy (non-hydrogen) atoms. The Labute approximate surface area is 105 Å². The number of fused-ring (bicyclic) bond motifs is 3. The minimum atomic E-state index is -4.51. The van der Waals surface area contributed by atoms with Gasteiger partial charge in [-0.3, -0.25) is 4.79 Å². The van der Waals surface area contributed by atoms with Gasteiger partial charge >= 0.3 is 6.18 Å². The summed E-state index contributed by atoms with van der Waals surface area (Å²) in [5.41, 5.74) is 5.53. The molecule has 0 saturated heterocycles. The molecule has 1 atom stereocenters. The molecule has 2 aromatic rings. The van der Waals surface area contributed by atoms with Gasteiger partial charge in [-0.2, -0.15) is 18.3 Å². The number of alkyl halides is 3. The van der Waals surface area contributed by atoms with Crippen LogP contribution in [-0.2, 0) is 17.4 Å². The molecule has 100 valence electrons. The average molecular weight is 270 g/mol. The Bertz CT molecular complexity index is 676. The SMILES string of the molecule is NC(=O)C1CCc2c1cnc1cc(C(F)(F)F)nn21. The summed E-state index contributed by atoms with van der Waals surface area (Å²) >= 11 is 0. The van der Waals surface area contributed by atoms with E-state index in [-0.39, 0.29) is 5.65 Å². The predicted molar refractivity (Wildman–Crippen MR) is 58.2 cm³/mol. The Balaban J connectivity index is 2.19. The van der Waals surface area contributed by atoms with Gasteiger partial charge in [-0.1, -0.05) is 0 Å². The number of primary amides is 1. The average Bonchev–Trinajstić information content (AvgIpc) is 2.90. The molecule has 0 fully saturated rings.